The molecule has 0 amide bonds. The van der Waals surface area contributed by atoms with Gasteiger partial charge in [0.05, 0.1) is 5.56 Å². The SMILES string of the molecule is CSc1ccc(-c2nn(C)cc2C=O)cc1F. The van der Waals surface area contributed by atoms with Crippen LogP contribution < -0.4 is 0 Å². The molecule has 88 valence electrons. The van der Waals surface area contributed by atoms with Crippen molar-refractivity contribution in [2.75, 3.05) is 6.26 Å². The number of rotatable bonds is 3. The Morgan fingerprint density at radius 2 is 2.24 bits per heavy atom. The van der Waals surface area contributed by atoms with Gasteiger partial charge in [-0.05, 0) is 18.4 Å². The number of halogens is 1. The van der Waals surface area contributed by atoms with Crippen molar-refractivity contribution in [2.24, 2.45) is 7.05 Å². The maximum Gasteiger partial charge on any atom is 0.153 e. The lowest BCUT2D eigenvalue weighted by atomic mass is 10.1. The van der Waals surface area contributed by atoms with Gasteiger partial charge in [-0.3, -0.25) is 9.48 Å². The third-order valence-corrected chi connectivity index (χ3v) is 3.18. The van der Waals surface area contributed by atoms with Crippen LogP contribution in [0.1, 0.15) is 10.4 Å². The van der Waals surface area contributed by atoms with E-state index >= 15 is 0 Å². The minimum absolute atomic E-state index is 0.294. The number of aldehydes is 1. The molecule has 0 spiro atoms. The Balaban J connectivity index is 2.52. The van der Waals surface area contributed by atoms with Crippen LogP contribution in [0.2, 0.25) is 0 Å². The Labute approximate surface area is 103 Å². The third-order valence-electron chi connectivity index (χ3n) is 2.41. The van der Waals surface area contributed by atoms with Crippen LogP contribution in [0, 0.1) is 5.82 Å². The molecule has 0 aliphatic heterocycles. The lowest BCUT2D eigenvalue weighted by Gasteiger charge is -2.02. The number of hydrogen-bond donors (Lipinski definition) is 0. The van der Waals surface area contributed by atoms with E-state index in [4.69, 9.17) is 0 Å². The summed E-state index contributed by atoms with van der Waals surface area (Å²) in [7, 11) is 1.73. The summed E-state index contributed by atoms with van der Waals surface area (Å²) in [5, 5.41) is 4.16. The second kappa shape index (κ2) is 4.71. The summed E-state index contributed by atoms with van der Waals surface area (Å²) in [6.07, 6.45) is 4.15. The normalized spacial score (nSPS) is 10.5. The Hall–Kier alpha value is -1.62. The molecule has 1 aromatic carbocycles. The lowest BCUT2D eigenvalue weighted by Crippen LogP contribution is -1.89. The van der Waals surface area contributed by atoms with Crippen molar-refractivity contribution in [3.05, 3.63) is 35.8 Å². The number of nitrogens with zero attached hydrogens (tertiary/aromatic N) is 2. The van der Waals surface area contributed by atoms with Crippen molar-refractivity contribution in [2.45, 2.75) is 4.90 Å². The average molecular weight is 250 g/mol. The zero-order chi connectivity index (χ0) is 12.4. The van der Waals surface area contributed by atoms with Crippen molar-refractivity contribution < 1.29 is 9.18 Å². The van der Waals surface area contributed by atoms with Crippen LogP contribution in [0.5, 0.6) is 0 Å². The molecule has 1 heterocycles. The highest BCUT2D eigenvalue weighted by Crippen LogP contribution is 2.26. The maximum atomic E-state index is 13.6. The number of thioether (sulfide) groups is 1. The fourth-order valence-corrected chi connectivity index (χ4v) is 2.09. The third kappa shape index (κ3) is 2.24. The highest BCUT2D eigenvalue weighted by atomic mass is 32.2. The van der Waals surface area contributed by atoms with Crippen molar-refractivity contribution in [3.63, 3.8) is 0 Å². The van der Waals surface area contributed by atoms with E-state index in [9.17, 15) is 9.18 Å². The largest absolute Gasteiger partial charge is 0.298 e. The zero-order valence-corrected chi connectivity index (χ0v) is 10.3. The Morgan fingerprint density at radius 1 is 1.47 bits per heavy atom. The highest BCUT2D eigenvalue weighted by molar-refractivity contribution is 7.98. The summed E-state index contributed by atoms with van der Waals surface area (Å²) in [6, 6.07) is 4.87. The molecular weight excluding hydrogens is 239 g/mol. The van der Waals surface area contributed by atoms with Crippen LogP contribution >= 0.6 is 11.8 Å². The van der Waals surface area contributed by atoms with Crippen LogP contribution in [0.3, 0.4) is 0 Å². The summed E-state index contributed by atoms with van der Waals surface area (Å²) in [5.74, 6) is -0.294. The van der Waals surface area contributed by atoms with Crippen molar-refractivity contribution >= 4 is 18.0 Å². The fourth-order valence-electron chi connectivity index (χ4n) is 1.63. The smallest absolute Gasteiger partial charge is 0.153 e. The molecule has 0 radical (unpaired) electrons. The molecule has 0 atom stereocenters. The molecule has 0 fully saturated rings. The van der Waals surface area contributed by atoms with E-state index < -0.39 is 0 Å². The molecule has 2 rings (SSSR count). The number of hydrogen-bond acceptors (Lipinski definition) is 3. The number of benzene rings is 1. The monoisotopic (exact) mass is 250 g/mol. The van der Waals surface area contributed by atoms with Crippen LogP contribution in [0.4, 0.5) is 4.39 Å². The van der Waals surface area contributed by atoms with Crippen molar-refractivity contribution in [1.82, 2.24) is 9.78 Å². The van der Waals surface area contributed by atoms with Gasteiger partial charge in [-0.1, -0.05) is 6.07 Å². The standard InChI is InChI=1S/C12H11FN2OS/c1-15-6-9(7-16)12(14-15)8-3-4-11(17-2)10(13)5-8/h3-7H,1-2H3. The lowest BCUT2D eigenvalue weighted by molar-refractivity contribution is 0.112. The van der Waals surface area contributed by atoms with Gasteiger partial charge in [-0.25, -0.2) is 4.39 Å². The van der Waals surface area contributed by atoms with Gasteiger partial charge < -0.3 is 0 Å². The van der Waals surface area contributed by atoms with Gasteiger partial charge in [0, 0.05) is 23.7 Å². The maximum absolute atomic E-state index is 13.6. The molecular formula is C12H11FN2OS. The molecule has 17 heavy (non-hydrogen) atoms. The molecule has 2 aromatic rings. The fraction of sp³-hybridized carbons (Fsp3) is 0.167. The van der Waals surface area contributed by atoms with E-state index in [1.165, 1.54) is 17.8 Å². The molecule has 0 N–H and O–H groups in total. The molecule has 0 aliphatic carbocycles. The topological polar surface area (TPSA) is 34.9 Å². The second-order valence-corrected chi connectivity index (χ2v) is 4.42. The molecule has 0 bridgehead atoms. The Morgan fingerprint density at radius 3 is 2.82 bits per heavy atom. The first kappa shape index (κ1) is 11.9. The second-order valence-electron chi connectivity index (χ2n) is 3.57. The number of aromatic nitrogens is 2. The van der Waals surface area contributed by atoms with Crippen molar-refractivity contribution in [1.29, 1.82) is 0 Å². The van der Waals surface area contributed by atoms with Gasteiger partial charge in [-0.15, -0.1) is 11.8 Å². The average Bonchev–Trinajstić information content (AvgIpc) is 2.70. The predicted octanol–water partition coefficient (Wildman–Crippen LogP) is 2.76. The molecule has 1 aromatic heterocycles. The zero-order valence-electron chi connectivity index (χ0n) is 9.48. The number of aryl methyl sites for hydroxylation is 1. The molecule has 0 aliphatic rings. The molecule has 0 saturated carbocycles. The summed E-state index contributed by atoms with van der Waals surface area (Å²) in [6.45, 7) is 0. The number of carbonyl (C=O) groups is 1. The van der Waals surface area contributed by atoms with E-state index in [1.807, 2.05) is 6.26 Å². The Kier molecular flexibility index (Phi) is 3.28. The van der Waals surface area contributed by atoms with Gasteiger partial charge in [0.25, 0.3) is 0 Å². The summed E-state index contributed by atoms with van der Waals surface area (Å²) in [4.78, 5) is 11.5. The minimum Gasteiger partial charge on any atom is -0.298 e. The quantitative estimate of drug-likeness (QED) is 0.620. The molecule has 0 saturated heterocycles. The van der Waals surface area contributed by atoms with Gasteiger partial charge in [0.1, 0.15) is 11.5 Å². The molecule has 5 heteroatoms. The van der Waals surface area contributed by atoms with Gasteiger partial charge in [0.15, 0.2) is 6.29 Å². The molecule has 3 nitrogen and oxygen atoms in total. The van der Waals surface area contributed by atoms with Crippen LogP contribution in [0.25, 0.3) is 11.3 Å². The highest BCUT2D eigenvalue weighted by Gasteiger charge is 2.11. The summed E-state index contributed by atoms with van der Waals surface area (Å²) < 4.78 is 15.2. The van der Waals surface area contributed by atoms with E-state index in [2.05, 4.69) is 5.10 Å². The van der Waals surface area contributed by atoms with Crippen LogP contribution in [-0.2, 0) is 7.05 Å². The van der Waals surface area contributed by atoms with Gasteiger partial charge in [0.2, 0.25) is 0 Å². The van der Waals surface area contributed by atoms with Crippen LogP contribution in [-0.4, -0.2) is 22.3 Å². The van der Waals surface area contributed by atoms with Gasteiger partial charge >= 0.3 is 0 Å². The molecule has 0 unspecified atom stereocenters. The van der Waals surface area contributed by atoms with Gasteiger partial charge in [-0.2, -0.15) is 5.10 Å². The Bertz CT molecular complexity index is 566. The van der Waals surface area contributed by atoms with E-state index in [0.29, 0.717) is 21.7 Å². The predicted molar refractivity (Wildman–Crippen MR) is 65.8 cm³/mol. The first-order valence-corrected chi connectivity index (χ1v) is 6.21. The first-order valence-electron chi connectivity index (χ1n) is 4.98. The number of carbonyl (C=O) groups excluding carboxylic acids is 1. The van der Waals surface area contributed by atoms with E-state index in [-0.39, 0.29) is 5.82 Å². The van der Waals surface area contributed by atoms with E-state index in [1.54, 1.807) is 30.1 Å². The first-order chi connectivity index (χ1) is 8.15. The minimum atomic E-state index is -0.294. The summed E-state index contributed by atoms with van der Waals surface area (Å²) in [5.41, 5.74) is 1.58. The summed E-state index contributed by atoms with van der Waals surface area (Å²) >= 11 is 1.34. The van der Waals surface area contributed by atoms with Crippen LogP contribution in [0.15, 0.2) is 29.3 Å². The van der Waals surface area contributed by atoms with E-state index in [0.717, 1.165) is 6.29 Å². The van der Waals surface area contributed by atoms with Crippen molar-refractivity contribution in [3.8, 4) is 11.3 Å².